The van der Waals surface area contributed by atoms with E-state index in [0.717, 1.165) is 0 Å². The molecule has 4 heteroatoms. The number of ether oxygens (including phenoxy) is 1. The second kappa shape index (κ2) is 1.91. The van der Waals surface area contributed by atoms with Crippen LogP contribution >= 0.6 is 0 Å². The third-order valence-electron chi connectivity index (χ3n) is 1.46. The molecule has 0 unspecified atom stereocenters. The maximum atomic E-state index is 9.00. The van der Waals surface area contributed by atoms with Crippen molar-refractivity contribution in [1.82, 2.24) is 0 Å². The van der Waals surface area contributed by atoms with E-state index < -0.39 is 18.0 Å². The largest absolute Gasteiger partial charge is 0.388 e. The lowest BCUT2D eigenvalue weighted by atomic mass is 10.1. The van der Waals surface area contributed by atoms with Crippen molar-refractivity contribution in [3.8, 4) is 0 Å². The van der Waals surface area contributed by atoms with Crippen LogP contribution in [0, 0.1) is 0 Å². The Bertz CT molecular complexity index is 112. The molecule has 1 aliphatic heterocycles. The van der Waals surface area contributed by atoms with Crippen LogP contribution in [0.3, 0.4) is 0 Å². The zero-order chi connectivity index (χ0) is 7.07. The van der Waals surface area contributed by atoms with E-state index in [1.807, 2.05) is 0 Å². The van der Waals surface area contributed by atoms with Crippen molar-refractivity contribution in [1.29, 1.82) is 0 Å². The SMILES string of the molecule is C[C@@]1(O)OC[C@@H](O)[C@@H]1O. The molecule has 0 radical (unpaired) electrons. The third-order valence-corrected chi connectivity index (χ3v) is 1.46. The van der Waals surface area contributed by atoms with Crippen molar-refractivity contribution in [3.63, 3.8) is 0 Å². The van der Waals surface area contributed by atoms with Gasteiger partial charge in [0.2, 0.25) is 0 Å². The average Bonchev–Trinajstić information content (AvgIpc) is 1.97. The van der Waals surface area contributed by atoms with E-state index in [4.69, 9.17) is 15.3 Å². The van der Waals surface area contributed by atoms with Gasteiger partial charge in [0, 0.05) is 0 Å². The number of aliphatic hydroxyl groups is 3. The predicted molar refractivity (Wildman–Crippen MR) is 28.6 cm³/mol. The first kappa shape index (κ1) is 6.95. The van der Waals surface area contributed by atoms with Gasteiger partial charge in [-0.25, -0.2) is 0 Å². The van der Waals surface area contributed by atoms with Gasteiger partial charge in [-0.05, 0) is 6.92 Å². The van der Waals surface area contributed by atoms with Gasteiger partial charge in [-0.1, -0.05) is 0 Å². The van der Waals surface area contributed by atoms with E-state index in [0.29, 0.717) is 0 Å². The molecule has 0 saturated carbocycles. The van der Waals surface area contributed by atoms with E-state index in [-0.39, 0.29) is 6.61 Å². The second-order valence-corrected chi connectivity index (χ2v) is 2.38. The Hall–Kier alpha value is -0.160. The fourth-order valence-electron chi connectivity index (χ4n) is 0.788. The lowest BCUT2D eigenvalue weighted by Crippen LogP contribution is -2.39. The Kier molecular flexibility index (Phi) is 1.48. The molecule has 0 bridgehead atoms. The topological polar surface area (TPSA) is 69.9 Å². The normalized spacial score (nSPS) is 52.0. The van der Waals surface area contributed by atoms with Gasteiger partial charge in [-0.2, -0.15) is 0 Å². The summed E-state index contributed by atoms with van der Waals surface area (Å²) < 4.78 is 4.62. The lowest BCUT2D eigenvalue weighted by molar-refractivity contribution is -0.201. The highest BCUT2D eigenvalue weighted by Crippen LogP contribution is 2.22. The van der Waals surface area contributed by atoms with Gasteiger partial charge in [0.15, 0.2) is 5.79 Å². The standard InChI is InChI=1S/C5H10O4/c1-5(8)4(7)3(6)2-9-5/h3-4,6-8H,2H2,1H3/t3-,4+,5-/m1/s1. The molecule has 0 aromatic carbocycles. The molecule has 1 saturated heterocycles. The van der Waals surface area contributed by atoms with Crippen LogP contribution in [0.15, 0.2) is 0 Å². The summed E-state index contributed by atoms with van der Waals surface area (Å²) >= 11 is 0. The minimum atomic E-state index is -1.57. The van der Waals surface area contributed by atoms with Gasteiger partial charge < -0.3 is 20.1 Å². The van der Waals surface area contributed by atoms with E-state index in [1.54, 1.807) is 0 Å². The Morgan fingerprint density at radius 2 is 2.11 bits per heavy atom. The molecule has 1 rings (SSSR count). The van der Waals surface area contributed by atoms with Crippen LogP contribution in [0.5, 0.6) is 0 Å². The molecular weight excluding hydrogens is 124 g/mol. The van der Waals surface area contributed by atoms with Gasteiger partial charge in [-0.15, -0.1) is 0 Å². The minimum Gasteiger partial charge on any atom is -0.388 e. The average molecular weight is 134 g/mol. The first-order chi connectivity index (χ1) is 4.04. The lowest BCUT2D eigenvalue weighted by Gasteiger charge is -2.19. The van der Waals surface area contributed by atoms with Crippen LogP contribution in [0.25, 0.3) is 0 Å². The van der Waals surface area contributed by atoms with Crippen molar-refractivity contribution in [2.24, 2.45) is 0 Å². The zero-order valence-electron chi connectivity index (χ0n) is 5.11. The number of hydrogen-bond acceptors (Lipinski definition) is 4. The predicted octanol–water partition coefficient (Wildman–Crippen LogP) is -1.55. The molecule has 1 fully saturated rings. The maximum Gasteiger partial charge on any atom is 0.191 e. The number of hydrogen-bond donors (Lipinski definition) is 3. The smallest absolute Gasteiger partial charge is 0.191 e. The van der Waals surface area contributed by atoms with Crippen LogP contribution < -0.4 is 0 Å². The van der Waals surface area contributed by atoms with Gasteiger partial charge in [0.1, 0.15) is 12.2 Å². The fraction of sp³-hybridized carbons (Fsp3) is 1.00. The molecular formula is C5H10O4. The van der Waals surface area contributed by atoms with E-state index in [9.17, 15) is 0 Å². The highest BCUT2D eigenvalue weighted by atomic mass is 16.7. The summed E-state index contributed by atoms with van der Waals surface area (Å²) in [4.78, 5) is 0. The monoisotopic (exact) mass is 134 g/mol. The summed E-state index contributed by atoms with van der Waals surface area (Å²) in [5.41, 5.74) is 0. The first-order valence-electron chi connectivity index (χ1n) is 2.76. The van der Waals surface area contributed by atoms with Crippen LogP contribution in [-0.2, 0) is 4.74 Å². The molecule has 0 spiro atoms. The van der Waals surface area contributed by atoms with Crippen molar-refractivity contribution in [3.05, 3.63) is 0 Å². The molecule has 3 atom stereocenters. The van der Waals surface area contributed by atoms with Crippen molar-refractivity contribution >= 4 is 0 Å². The Balaban J connectivity index is 2.62. The van der Waals surface area contributed by atoms with E-state index >= 15 is 0 Å². The summed E-state index contributed by atoms with van der Waals surface area (Å²) in [5.74, 6) is -1.57. The molecule has 0 aromatic heterocycles. The van der Waals surface area contributed by atoms with E-state index in [1.165, 1.54) is 6.92 Å². The maximum absolute atomic E-state index is 9.00. The second-order valence-electron chi connectivity index (χ2n) is 2.38. The third kappa shape index (κ3) is 1.07. The van der Waals surface area contributed by atoms with E-state index in [2.05, 4.69) is 4.74 Å². The fourth-order valence-corrected chi connectivity index (χ4v) is 0.788. The van der Waals surface area contributed by atoms with Crippen LogP contribution in [0.1, 0.15) is 6.92 Å². The molecule has 1 aliphatic rings. The van der Waals surface area contributed by atoms with Crippen molar-refractivity contribution in [2.45, 2.75) is 24.9 Å². The number of aliphatic hydroxyl groups excluding tert-OH is 2. The highest BCUT2D eigenvalue weighted by molar-refractivity contribution is 4.85. The number of rotatable bonds is 0. The van der Waals surface area contributed by atoms with Crippen LogP contribution in [0.2, 0.25) is 0 Å². The molecule has 4 nitrogen and oxygen atoms in total. The van der Waals surface area contributed by atoms with Crippen molar-refractivity contribution in [2.75, 3.05) is 6.61 Å². The zero-order valence-corrected chi connectivity index (χ0v) is 5.11. The molecule has 9 heavy (non-hydrogen) atoms. The quantitative estimate of drug-likeness (QED) is 0.375. The highest BCUT2D eigenvalue weighted by Gasteiger charge is 2.43. The first-order valence-corrected chi connectivity index (χ1v) is 2.76. The van der Waals surface area contributed by atoms with Gasteiger partial charge in [0.25, 0.3) is 0 Å². The molecule has 1 heterocycles. The molecule has 0 amide bonds. The molecule has 0 aliphatic carbocycles. The molecule has 0 aromatic rings. The van der Waals surface area contributed by atoms with Crippen molar-refractivity contribution < 1.29 is 20.1 Å². The Labute approximate surface area is 52.7 Å². The Morgan fingerprint density at radius 1 is 1.56 bits per heavy atom. The summed E-state index contributed by atoms with van der Waals surface area (Å²) in [6, 6.07) is 0. The van der Waals surface area contributed by atoms with Gasteiger partial charge in [0.05, 0.1) is 6.61 Å². The summed E-state index contributed by atoms with van der Waals surface area (Å²) in [5, 5.41) is 26.7. The summed E-state index contributed by atoms with van der Waals surface area (Å²) in [6.07, 6.45) is -2.14. The van der Waals surface area contributed by atoms with Gasteiger partial charge in [-0.3, -0.25) is 0 Å². The molecule has 3 N–H and O–H groups in total. The van der Waals surface area contributed by atoms with Crippen LogP contribution in [0.4, 0.5) is 0 Å². The van der Waals surface area contributed by atoms with Crippen LogP contribution in [-0.4, -0.2) is 39.9 Å². The van der Waals surface area contributed by atoms with Gasteiger partial charge >= 0.3 is 0 Å². The minimum absolute atomic E-state index is 0.00579. The molecule has 54 valence electrons. The summed E-state index contributed by atoms with van der Waals surface area (Å²) in [7, 11) is 0. The summed E-state index contributed by atoms with van der Waals surface area (Å²) in [6.45, 7) is 1.31. The Morgan fingerprint density at radius 3 is 2.22 bits per heavy atom.